The van der Waals surface area contributed by atoms with E-state index in [1.54, 1.807) is 43.2 Å². The number of nitrogens with zero attached hydrogens (tertiary/aromatic N) is 1. The molecular formula is C16H21NO4. The Morgan fingerprint density at radius 1 is 1.29 bits per heavy atom. The van der Waals surface area contributed by atoms with Crippen LogP contribution in [0.4, 0.5) is 0 Å². The van der Waals surface area contributed by atoms with E-state index in [1.807, 2.05) is 0 Å². The summed E-state index contributed by atoms with van der Waals surface area (Å²) in [5.74, 6) is 0.256. The Balaban J connectivity index is 2.02. The van der Waals surface area contributed by atoms with Crippen LogP contribution in [-0.4, -0.2) is 43.6 Å². The summed E-state index contributed by atoms with van der Waals surface area (Å²) in [7, 11) is 1.59. The van der Waals surface area contributed by atoms with Crippen molar-refractivity contribution in [1.29, 1.82) is 0 Å². The lowest BCUT2D eigenvalue weighted by atomic mass is 9.97. The molecule has 114 valence electrons. The maximum absolute atomic E-state index is 12.5. The maximum atomic E-state index is 12.5. The summed E-state index contributed by atoms with van der Waals surface area (Å²) in [6, 6.07) is 7.02. The van der Waals surface area contributed by atoms with Crippen LogP contribution in [-0.2, 0) is 9.53 Å². The maximum Gasteiger partial charge on any atom is 0.310 e. The van der Waals surface area contributed by atoms with Crippen LogP contribution >= 0.6 is 0 Å². The number of methoxy groups -OCH3 is 1. The van der Waals surface area contributed by atoms with E-state index < -0.39 is 0 Å². The van der Waals surface area contributed by atoms with Gasteiger partial charge in [-0.1, -0.05) is 0 Å². The quantitative estimate of drug-likeness (QED) is 0.797. The van der Waals surface area contributed by atoms with Gasteiger partial charge in [0.15, 0.2) is 0 Å². The highest BCUT2D eigenvalue weighted by Gasteiger charge is 2.29. The van der Waals surface area contributed by atoms with Crippen molar-refractivity contribution in [2.45, 2.75) is 19.8 Å². The van der Waals surface area contributed by atoms with Gasteiger partial charge in [0.05, 0.1) is 19.6 Å². The van der Waals surface area contributed by atoms with Crippen LogP contribution in [0, 0.1) is 5.92 Å². The minimum absolute atomic E-state index is 0.0494. The fourth-order valence-electron chi connectivity index (χ4n) is 2.53. The molecule has 0 aliphatic carbocycles. The van der Waals surface area contributed by atoms with Crippen LogP contribution < -0.4 is 4.74 Å². The first-order valence-electron chi connectivity index (χ1n) is 7.25. The first kappa shape index (κ1) is 15.4. The molecule has 0 saturated carbocycles. The molecule has 5 heteroatoms. The number of piperidine rings is 1. The molecule has 1 aliphatic heterocycles. The molecule has 0 N–H and O–H groups in total. The summed E-state index contributed by atoms with van der Waals surface area (Å²) in [5, 5.41) is 0. The molecule has 1 aromatic rings. The summed E-state index contributed by atoms with van der Waals surface area (Å²) in [6.07, 6.45) is 1.61. The Morgan fingerprint density at radius 2 is 2.00 bits per heavy atom. The summed E-state index contributed by atoms with van der Waals surface area (Å²) >= 11 is 0. The Hall–Kier alpha value is -2.04. The third-order valence-electron chi connectivity index (χ3n) is 3.67. The van der Waals surface area contributed by atoms with Gasteiger partial charge in [-0.2, -0.15) is 0 Å². The van der Waals surface area contributed by atoms with Gasteiger partial charge in [-0.25, -0.2) is 0 Å². The third-order valence-corrected chi connectivity index (χ3v) is 3.67. The molecule has 1 atom stereocenters. The van der Waals surface area contributed by atoms with Crippen molar-refractivity contribution >= 4 is 11.9 Å². The van der Waals surface area contributed by atoms with E-state index in [4.69, 9.17) is 9.47 Å². The van der Waals surface area contributed by atoms with Crippen molar-refractivity contribution in [2.75, 3.05) is 26.8 Å². The van der Waals surface area contributed by atoms with Crippen molar-refractivity contribution in [2.24, 2.45) is 5.92 Å². The molecule has 0 bridgehead atoms. The number of carbonyl (C=O) groups excluding carboxylic acids is 2. The molecule has 5 nitrogen and oxygen atoms in total. The van der Waals surface area contributed by atoms with Gasteiger partial charge in [0.25, 0.3) is 5.91 Å². The average Bonchev–Trinajstić information content (AvgIpc) is 2.54. The Kier molecular flexibility index (Phi) is 5.20. The van der Waals surface area contributed by atoms with Gasteiger partial charge >= 0.3 is 5.97 Å². The normalized spacial score (nSPS) is 18.2. The second-order valence-electron chi connectivity index (χ2n) is 5.07. The number of hydrogen-bond donors (Lipinski definition) is 0. The van der Waals surface area contributed by atoms with Crippen molar-refractivity contribution in [3.63, 3.8) is 0 Å². The van der Waals surface area contributed by atoms with Crippen LogP contribution in [0.1, 0.15) is 30.1 Å². The van der Waals surface area contributed by atoms with Crippen LogP contribution in [0.15, 0.2) is 24.3 Å². The monoisotopic (exact) mass is 291 g/mol. The van der Waals surface area contributed by atoms with Gasteiger partial charge in [0, 0.05) is 18.7 Å². The summed E-state index contributed by atoms with van der Waals surface area (Å²) in [6.45, 7) is 3.28. The number of esters is 1. The Labute approximate surface area is 124 Å². The molecule has 1 fully saturated rings. The standard InChI is InChI=1S/C16H21NO4/c1-3-21-16(19)13-5-4-10-17(11-13)15(18)12-6-8-14(20-2)9-7-12/h6-9,13H,3-5,10-11H2,1-2H3/t13-/m1/s1. The van der Waals surface area contributed by atoms with Crippen molar-refractivity contribution in [3.05, 3.63) is 29.8 Å². The predicted molar refractivity (Wildman–Crippen MR) is 78.3 cm³/mol. The number of likely N-dealkylation sites (tertiary alicyclic amines) is 1. The van der Waals surface area contributed by atoms with E-state index in [9.17, 15) is 9.59 Å². The molecule has 0 radical (unpaired) electrons. The number of amides is 1. The third kappa shape index (κ3) is 3.74. The Morgan fingerprint density at radius 3 is 2.62 bits per heavy atom. The molecule has 2 rings (SSSR count). The summed E-state index contributed by atoms with van der Waals surface area (Å²) in [5.41, 5.74) is 0.611. The highest BCUT2D eigenvalue weighted by molar-refractivity contribution is 5.94. The topological polar surface area (TPSA) is 55.8 Å². The second-order valence-corrected chi connectivity index (χ2v) is 5.07. The molecule has 0 spiro atoms. The summed E-state index contributed by atoms with van der Waals surface area (Å²) in [4.78, 5) is 26.0. The number of hydrogen-bond acceptors (Lipinski definition) is 4. The lowest BCUT2D eigenvalue weighted by Gasteiger charge is -2.31. The zero-order chi connectivity index (χ0) is 15.2. The average molecular weight is 291 g/mol. The lowest BCUT2D eigenvalue weighted by molar-refractivity contribution is -0.149. The van der Waals surface area contributed by atoms with Crippen molar-refractivity contribution < 1.29 is 19.1 Å². The predicted octanol–water partition coefficient (Wildman–Crippen LogP) is 2.11. The van der Waals surface area contributed by atoms with Crippen LogP contribution in [0.2, 0.25) is 0 Å². The fraction of sp³-hybridized carbons (Fsp3) is 0.500. The fourth-order valence-corrected chi connectivity index (χ4v) is 2.53. The van der Waals surface area contributed by atoms with E-state index in [-0.39, 0.29) is 17.8 Å². The van der Waals surface area contributed by atoms with Crippen LogP contribution in [0.5, 0.6) is 5.75 Å². The SMILES string of the molecule is CCOC(=O)[C@@H]1CCCN(C(=O)c2ccc(OC)cc2)C1. The van der Waals surface area contributed by atoms with Gasteiger partial charge in [-0.3, -0.25) is 9.59 Å². The van der Waals surface area contributed by atoms with Crippen LogP contribution in [0.25, 0.3) is 0 Å². The van der Waals surface area contributed by atoms with Gasteiger partial charge in [-0.15, -0.1) is 0 Å². The number of ether oxygens (including phenoxy) is 2. The minimum atomic E-state index is -0.208. The number of benzene rings is 1. The van der Waals surface area contributed by atoms with Gasteiger partial charge < -0.3 is 14.4 Å². The van der Waals surface area contributed by atoms with Gasteiger partial charge in [-0.05, 0) is 44.0 Å². The molecular weight excluding hydrogens is 270 g/mol. The second kappa shape index (κ2) is 7.11. The highest BCUT2D eigenvalue weighted by atomic mass is 16.5. The zero-order valence-corrected chi connectivity index (χ0v) is 12.5. The largest absolute Gasteiger partial charge is 0.497 e. The van der Waals surface area contributed by atoms with Crippen molar-refractivity contribution in [1.82, 2.24) is 4.90 Å². The molecule has 1 heterocycles. The smallest absolute Gasteiger partial charge is 0.310 e. The Bertz CT molecular complexity index is 498. The molecule has 1 aromatic carbocycles. The molecule has 21 heavy (non-hydrogen) atoms. The lowest BCUT2D eigenvalue weighted by Crippen LogP contribution is -2.42. The summed E-state index contributed by atoms with van der Waals surface area (Å²) < 4.78 is 10.1. The van der Waals surface area contributed by atoms with Gasteiger partial charge in [0.1, 0.15) is 5.75 Å². The molecule has 1 saturated heterocycles. The first-order chi connectivity index (χ1) is 10.2. The van der Waals surface area contributed by atoms with Gasteiger partial charge in [0.2, 0.25) is 0 Å². The zero-order valence-electron chi connectivity index (χ0n) is 12.5. The number of rotatable bonds is 4. The van der Waals surface area contributed by atoms with E-state index in [1.165, 1.54) is 0 Å². The van der Waals surface area contributed by atoms with E-state index in [2.05, 4.69) is 0 Å². The molecule has 1 amide bonds. The molecule has 1 aliphatic rings. The molecule has 0 aromatic heterocycles. The minimum Gasteiger partial charge on any atom is -0.497 e. The highest BCUT2D eigenvalue weighted by Crippen LogP contribution is 2.21. The van der Waals surface area contributed by atoms with E-state index >= 15 is 0 Å². The van der Waals surface area contributed by atoms with E-state index in [0.717, 1.165) is 18.6 Å². The number of carbonyl (C=O) groups is 2. The van der Waals surface area contributed by atoms with Crippen LogP contribution in [0.3, 0.4) is 0 Å². The first-order valence-corrected chi connectivity index (χ1v) is 7.25. The van der Waals surface area contributed by atoms with E-state index in [0.29, 0.717) is 25.3 Å². The van der Waals surface area contributed by atoms with Crippen molar-refractivity contribution in [3.8, 4) is 5.75 Å². The molecule has 0 unspecified atom stereocenters.